The number of halogens is 2. The Morgan fingerprint density at radius 3 is 2.75 bits per heavy atom. The molecule has 1 nitrogen and oxygen atoms in total. The van der Waals surface area contributed by atoms with Gasteiger partial charge in [-0.25, -0.2) is 0 Å². The van der Waals surface area contributed by atoms with Crippen molar-refractivity contribution in [1.82, 2.24) is 5.32 Å². The van der Waals surface area contributed by atoms with Gasteiger partial charge in [-0.3, -0.25) is 0 Å². The summed E-state index contributed by atoms with van der Waals surface area (Å²) in [4.78, 5) is 0. The van der Waals surface area contributed by atoms with Crippen LogP contribution in [0.1, 0.15) is 18.9 Å². The molecule has 0 unspecified atom stereocenters. The Morgan fingerprint density at radius 2 is 2.06 bits per heavy atom. The van der Waals surface area contributed by atoms with Crippen LogP contribution in [0.25, 0.3) is 0 Å². The van der Waals surface area contributed by atoms with E-state index < -0.39 is 0 Å². The lowest BCUT2D eigenvalue weighted by Crippen LogP contribution is -2.18. The van der Waals surface area contributed by atoms with Gasteiger partial charge in [0.05, 0.1) is 0 Å². The molecule has 1 aromatic rings. The molecule has 0 aliphatic rings. The van der Waals surface area contributed by atoms with Gasteiger partial charge in [0.1, 0.15) is 0 Å². The van der Waals surface area contributed by atoms with Crippen LogP contribution in [0.5, 0.6) is 0 Å². The maximum Gasteiger partial charge on any atom is 0.0453 e. The monoisotopic (exact) mass is 255 g/mol. The molecule has 0 saturated heterocycles. The molecule has 0 radical (unpaired) electrons. The zero-order valence-corrected chi connectivity index (χ0v) is 10.8. The topological polar surface area (TPSA) is 12.0 Å². The third kappa shape index (κ3) is 4.90. The molecule has 0 spiro atoms. The third-order valence-electron chi connectivity index (χ3n) is 2.19. The van der Waals surface area contributed by atoms with Crippen LogP contribution in [0.3, 0.4) is 0 Å². The van der Waals surface area contributed by atoms with Gasteiger partial charge in [-0.05, 0) is 37.6 Å². The molecular formula is C13H15Cl2N. The van der Waals surface area contributed by atoms with Gasteiger partial charge < -0.3 is 5.32 Å². The summed E-state index contributed by atoms with van der Waals surface area (Å²) in [5.74, 6) is 5.88. The number of nitrogens with one attached hydrogen (secondary N) is 1. The van der Waals surface area contributed by atoms with Gasteiger partial charge in [0.25, 0.3) is 0 Å². The van der Waals surface area contributed by atoms with Gasteiger partial charge in [-0.15, -0.1) is 11.8 Å². The second-order valence-corrected chi connectivity index (χ2v) is 4.26. The van der Waals surface area contributed by atoms with Crippen molar-refractivity contribution in [3.05, 3.63) is 33.8 Å². The van der Waals surface area contributed by atoms with Crippen LogP contribution in [0.4, 0.5) is 0 Å². The number of hydrogen-bond donors (Lipinski definition) is 1. The summed E-state index contributed by atoms with van der Waals surface area (Å²) in [6, 6.07) is 5.62. The summed E-state index contributed by atoms with van der Waals surface area (Å²) in [5, 5.41) is 4.74. The van der Waals surface area contributed by atoms with Gasteiger partial charge in [0.15, 0.2) is 0 Å². The summed E-state index contributed by atoms with van der Waals surface area (Å²) >= 11 is 11.9. The minimum atomic E-state index is 0.680. The third-order valence-corrected chi connectivity index (χ3v) is 2.78. The zero-order valence-electron chi connectivity index (χ0n) is 9.32. The number of hydrogen-bond acceptors (Lipinski definition) is 1. The summed E-state index contributed by atoms with van der Waals surface area (Å²) in [6.07, 6.45) is 1.81. The van der Waals surface area contributed by atoms with E-state index in [1.165, 1.54) is 0 Å². The van der Waals surface area contributed by atoms with E-state index in [0.717, 1.165) is 36.5 Å². The van der Waals surface area contributed by atoms with Crippen molar-refractivity contribution in [2.45, 2.75) is 19.8 Å². The van der Waals surface area contributed by atoms with Crippen molar-refractivity contribution in [3.8, 4) is 11.8 Å². The second-order valence-electron chi connectivity index (χ2n) is 3.41. The van der Waals surface area contributed by atoms with Gasteiger partial charge in [-0.2, -0.15) is 0 Å². The normalized spacial score (nSPS) is 9.69. The highest BCUT2D eigenvalue weighted by molar-refractivity contribution is 6.35. The van der Waals surface area contributed by atoms with E-state index in [2.05, 4.69) is 17.2 Å². The van der Waals surface area contributed by atoms with Gasteiger partial charge in [-0.1, -0.05) is 29.3 Å². The van der Waals surface area contributed by atoms with Crippen molar-refractivity contribution < 1.29 is 0 Å². The Bertz CT molecular complexity index is 391. The van der Waals surface area contributed by atoms with Gasteiger partial charge in [0, 0.05) is 23.0 Å². The standard InChI is InChI=1S/C13H15Cl2N/c1-2-3-4-8-16-9-7-11-5-6-12(14)10-13(11)15/h5-6,10,16H,4,7-9H2,1H3. The maximum absolute atomic E-state index is 6.06. The quantitative estimate of drug-likeness (QED) is 0.627. The molecule has 0 bridgehead atoms. The molecule has 0 atom stereocenters. The highest BCUT2D eigenvalue weighted by atomic mass is 35.5. The molecule has 0 saturated carbocycles. The highest BCUT2D eigenvalue weighted by Crippen LogP contribution is 2.20. The highest BCUT2D eigenvalue weighted by Gasteiger charge is 2.00. The number of benzene rings is 1. The molecule has 86 valence electrons. The lowest BCUT2D eigenvalue weighted by Gasteiger charge is -2.05. The van der Waals surface area contributed by atoms with Crippen molar-refractivity contribution >= 4 is 23.2 Å². The Morgan fingerprint density at radius 1 is 1.25 bits per heavy atom. The summed E-state index contributed by atoms with van der Waals surface area (Å²) in [6.45, 7) is 3.69. The Hall–Kier alpha value is -0.680. The lowest BCUT2D eigenvalue weighted by molar-refractivity contribution is 0.694. The Labute approximate surface area is 107 Å². The molecule has 1 aromatic carbocycles. The van der Waals surface area contributed by atoms with Crippen LogP contribution in [0, 0.1) is 11.8 Å². The van der Waals surface area contributed by atoms with Gasteiger partial charge in [0.2, 0.25) is 0 Å². The molecule has 0 aliphatic heterocycles. The first kappa shape index (κ1) is 13.4. The first-order valence-corrected chi connectivity index (χ1v) is 6.04. The Balaban J connectivity index is 2.28. The predicted molar refractivity (Wildman–Crippen MR) is 71.1 cm³/mol. The number of rotatable bonds is 5. The fourth-order valence-corrected chi connectivity index (χ4v) is 1.85. The molecule has 0 aromatic heterocycles. The van der Waals surface area contributed by atoms with Crippen LogP contribution in [0.2, 0.25) is 10.0 Å². The minimum absolute atomic E-state index is 0.680. The molecule has 0 fully saturated rings. The largest absolute Gasteiger partial charge is 0.315 e. The average molecular weight is 256 g/mol. The van der Waals surface area contributed by atoms with E-state index in [1.807, 2.05) is 19.1 Å². The van der Waals surface area contributed by atoms with Crippen molar-refractivity contribution in [3.63, 3.8) is 0 Å². The van der Waals surface area contributed by atoms with Crippen LogP contribution in [-0.4, -0.2) is 13.1 Å². The van der Waals surface area contributed by atoms with E-state index in [9.17, 15) is 0 Å². The summed E-state index contributed by atoms with van der Waals surface area (Å²) < 4.78 is 0. The summed E-state index contributed by atoms with van der Waals surface area (Å²) in [5.41, 5.74) is 1.13. The van der Waals surface area contributed by atoms with Crippen molar-refractivity contribution in [2.24, 2.45) is 0 Å². The molecule has 1 rings (SSSR count). The SMILES string of the molecule is CC#CCCNCCc1ccc(Cl)cc1Cl. The minimum Gasteiger partial charge on any atom is -0.315 e. The van der Waals surface area contributed by atoms with Crippen molar-refractivity contribution in [2.75, 3.05) is 13.1 Å². The van der Waals surface area contributed by atoms with Crippen molar-refractivity contribution in [1.29, 1.82) is 0 Å². The molecule has 16 heavy (non-hydrogen) atoms. The average Bonchev–Trinajstić information content (AvgIpc) is 2.26. The van der Waals surface area contributed by atoms with Gasteiger partial charge >= 0.3 is 0 Å². The van der Waals surface area contributed by atoms with Crippen LogP contribution < -0.4 is 5.32 Å². The maximum atomic E-state index is 6.06. The molecule has 3 heteroatoms. The molecule has 1 N–H and O–H groups in total. The first-order valence-electron chi connectivity index (χ1n) is 5.28. The fourth-order valence-electron chi connectivity index (χ4n) is 1.35. The molecule has 0 heterocycles. The lowest BCUT2D eigenvalue weighted by atomic mass is 10.1. The predicted octanol–water partition coefficient (Wildman–Crippen LogP) is 3.54. The second kappa shape index (κ2) is 7.57. The molecule has 0 aliphatic carbocycles. The summed E-state index contributed by atoms with van der Waals surface area (Å²) in [7, 11) is 0. The Kier molecular flexibility index (Phi) is 6.33. The molecular weight excluding hydrogens is 241 g/mol. The first-order chi connectivity index (χ1) is 7.74. The fraction of sp³-hybridized carbons (Fsp3) is 0.385. The van der Waals surface area contributed by atoms with E-state index in [-0.39, 0.29) is 0 Å². The molecule has 0 amide bonds. The zero-order chi connectivity index (χ0) is 11.8. The van der Waals surface area contributed by atoms with E-state index >= 15 is 0 Å². The van der Waals surface area contributed by atoms with E-state index in [0.29, 0.717) is 5.02 Å². The van der Waals surface area contributed by atoms with Crippen LogP contribution in [0.15, 0.2) is 18.2 Å². The van der Waals surface area contributed by atoms with Crippen LogP contribution in [-0.2, 0) is 6.42 Å². The van der Waals surface area contributed by atoms with Crippen LogP contribution >= 0.6 is 23.2 Å². The van der Waals surface area contributed by atoms with E-state index in [1.54, 1.807) is 6.07 Å². The smallest absolute Gasteiger partial charge is 0.0453 e. The van der Waals surface area contributed by atoms with E-state index in [4.69, 9.17) is 23.2 Å².